The van der Waals surface area contributed by atoms with Crippen LogP contribution < -0.4 is 20.7 Å². The highest BCUT2D eigenvalue weighted by atomic mass is 35.5. The van der Waals surface area contributed by atoms with Gasteiger partial charge in [-0.05, 0) is 74.7 Å². The molecule has 0 unspecified atom stereocenters. The molecular weight excluding hydrogens is 574 g/mol. The molecule has 3 heterocycles. The second-order valence-corrected chi connectivity index (χ2v) is 13.0. The van der Waals surface area contributed by atoms with E-state index in [-0.39, 0.29) is 43.2 Å². The van der Waals surface area contributed by atoms with Crippen LogP contribution in [0.5, 0.6) is 5.75 Å². The first-order valence-electron chi connectivity index (χ1n) is 15.3. The Morgan fingerprint density at radius 1 is 1.02 bits per heavy atom. The van der Waals surface area contributed by atoms with Crippen LogP contribution in [0.1, 0.15) is 56.2 Å². The summed E-state index contributed by atoms with van der Waals surface area (Å²) in [5.74, 6) is 0.397. The maximum Gasteiger partial charge on any atom is 0.415 e. The molecule has 2 saturated heterocycles. The van der Waals surface area contributed by atoms with E-state index in [2.05, 4.69) is 16.0 Å². The number of hydrogen-bond acceptors (Lipinski definition) is 7. The molecule has 1 saturated carbocycles. The zero-order chi connectivity index (χ0) is 29.3. The molecule has 0 bridgehead atoms. The Labute approximate surface area is 257 Å². The van der Waals surface area contributed by atoms with Crippen molar-refractivity contribution in [3.8, 4) is 5.75 Å². The number of rotatable bonds is 9. The van der Waals surface area contributed by atoms with Crippen LogP contribution in [0.3, 0.4) is 0 Å². The molecule has 0 spiro atoms. The largest absolute Gasteiger partial charge is 0.415 e. The first kappa shape index (κ1) is 30.8. The Morgan fingerprint density at radius 2 is 1.81 bits per heavy atom. The van der Waals surface area contributed by atoms with Gasteiger partial charge in [-0.1, -0.05) is 49.1 Å². The van der Waals surface area contributed by atoms with Crippen LogP contribution in [0.15, 0.2) is 41.8 Å². The number of carbonyl (C=O) groups excluding carboxylic acids is 3. The van der Waals surface area contributed by atoms with E-state index >= 15 is 0 Å². The molecule has 3 amide bonds. The molecule has 3 fully saturated rings. The lowest BCUT2D eigenvalue weighted by Crippen LogP contribution is -2.65. The van der Waals surface area contributed by atoms with Gasteiger partial charge < -0.3 is 30.5 Å². The van der Waals surface area contributed by atoms with Crippen molar-refractivity contribution in [1.82, 2.24) is 25.8 Å². The predicted molar refractivity (Wildman–Crippen MR) is 165 cm³/mol. The van der Waals surface area contributed by atoms with Crippen LogP contribution >= 0.6 is 22.9 Å². The number of ether oxygens (including phenoxy) is 1. The zero-order valence-corrected chi connectivity index (χ0v) is 25.6. The molecule has 3 aliphatic rings. The van der Waals surface area contributed by atoms with Crippen molar-refractivity contribution < 1.29 is 19.1 Å². The number of hydrogen-bond donors (Lipinski definition) is 3. The molecule has 9 nitrogen and oxygen atoms in total. The van der Waals surface area contributed by atoms with Crippen LogP contribution in [0.25, 0.3) is 0 Å². The average Bonchev–Trinajstić information content (AvgIpc) is 3.55. The minimum absolute atomic E-state index is 0.0468. The smallest absolute Gasteiger partial charge is 0.409 e. The Hall–Kier alpha value is -2.66. The SMILES string of the molecule is O=C(NCc1cccs1)[C@@H]1CN(C(=O)Oc2ccccc2Cl)CCN1C(=O)[C@H](CC1CCNCC1)NC1CCCCC1. The fraction of sp³-hybridized carbons (Fsp3) is 0.581. The van der Waals surface area contributed by atoms with Gasteiger partial charge in [0.15, 0.2) is 5.75 Å². The highest BCUT2D eigenvalue weighted by Crippen LogP contribution is 2.26. The minimum atomic E-state index is -0.825. The molecule has 0 radical (unpaired) electrons. The number of piperazine rings is 1. The molecule has 1 aromatic heterocycles. The lowest BCUT2D eigenvalue weighted by atomic mass is 9.88. The predicted octanol–water partition coefficient (Wildman–Crippen LogP) is 4.41. The molecule has 42 heavy (non-hydrogen) atoms. The lowest BCUT2D eigenvalue weighted by molar-refractivity contribution is -0.145. The highest BCUT2D eigenvalue weighted by Gasteiger charge is 2.41. The van der Waals surface area contributed by atoms with Gasteiger partial charge in [0.25, 0.3) is 0 Å². The molecular formula is C31H42ClN5O4S. The summed E-state index contributed by atoms with van der Waals surface area (Å²) in [6, 6.07) is 9.83. The van der Waals surface area contributed by atoms with Gasteiger partial charge in [0, 0.05) is 24.0 Å². The second kappa shape index (κ2) is 15.2. The van der Waals surface area contributed by atoms with E-state index in [1.807, 2.05) is 17.5 Å². The summed E-state index contributed by atoms with van der Waals surface area (Å²) in [5, 5.41) is 12.5. The van der Waals surface area contributed by atoms with E-state index in [0.29, 0.717) is 23.5 Å². The number of piperidine rings is 1. The van der Waals surface area contributed by atoms with Crippen molar-refractivity contribution in [1.29, 1.82) is 0 Å². The first-order chi connectivity index (χ1) is 20.5. The maximum absolute atomic E-state index is 14.3. The lowest BCUT2D eigenvalue weighted by Gasteiger charge is -2.42. The van der Waals surface area contributed by atoms with E-state index in [9.17, 15) is 14.4 Å². The van der Waals surface area contributed by atoms with Crippen LogP contribution in [-0.4, -0.2) is 78.6 Å². The molecule has 1 aromatic carbocycles. The topological polar surface area (TPSA) is 103 Å². The average molecular weight is 616 g/mol. The van der Waals surface area contributed by atoms with Gasteiger partial charge in [0.05, 0.1) is 24.2 Å². The van der Waals surface area contributed by atoms with Gasteiger partial charge >= 0.3 is 6.09 Å². The standard InChI is InChI=1S/C31H42ClN5O4S/c32-25-10-4-5-11-28(25)41-31(40)36-16-17-37(27(21-36)29(38)34-20-24-9-6-18-42-24)30(39)26(19-22-12-14-33-15-13-22)35-23-7-2-1-3-8-23/h4-6,9-11,18,22-23,26-27,33,35H,1-3,7-8,12-17,19-21H2,(H,34,38)/t26-,27-/m0/s1. The van der Waals surface area contributed by atoms with E-state index in [0.717, 1.165) is 50.1 Å². The third-order valence-electron chi connectivity index (χ3n) is 8.64. The van der Waals surface area contributed by atoms with E-state index in [4.69, 9.17) is 16.3 Å². The van der Waals surface area contributed by atoms with Gasteiger partial charge in [-0.15, -0.1) is 11.3 Å². The number of nitrogens with one attached hydrogen (secondary N) is 3. The summed E-state index contributed by atoms with van der Waals surface area (Å²) in [4.78, 5) is 45.4. The maximum atomic E-state index is 14.3. The Bertz CT molecular complexity index is 1170. The van der Waals surface area contributed by atoms with Crippen molar-refractivity contribution in [2.24, 2.45) is 5.92 Å². The number of thiophene rings is 1. The second-order valence-electron chi connectivity index (χ2n) is 11.6. The molecule has 11 heteroatoms. The summed E-state index contributed by atoms with van der Waals surface area (Å²) >= 11 is 7.78. The van der Waals surface area contributed by atoms with Crippen LogP contribution in [-0.2, 0) is 16.1 Å². The molecule has 3 N–H and O–H groups in total. The summed E-state index contributed by atoms with van der Waals surface area (Å²) in [6.07, 6.45) is 7.99. The van der Waals surface area contributed by atoms with Crippen molar-refractivity contribution in [2.75, 3.05) is 32.7 Å². The molecule has 2 aromatic rings. The summed E-state index contributed by atoms with van der Waals surface area (Å²) in [5.41, 5.74) is 0. The monoisotopic (exact) mass is 615 g/mol. The third kappa shape index (κ3) is 8.24. The number of halogens is 1. The van der Waals surface area contributed by atoms with Crippen molar-refractivity contribution >= 4 is 40.8 Å². The zero-order valence-electron chi connectivity index (χ0n) is 24.1. The molecule has 228 valence electrons. The van der Waals surface area contributed by atoms with Crippen LogP contribution in [0.4, 0.5) is 4.79 Å². The molecule has 5 rings (SSSR count). The number of para-hydroxylation sites is 1. The fourth-order valence-electron chi connectivity index (χ4n) is 6.27. The minimum Gasteiger partial charge on any atom is -0.409 e. The van der Waals surface area contributed by atoms with Crippen molar-refractivity contribution in [3.05, 3.63) is 51.7 Å². The number of nitrogens with zero attached hydrogens (tertiary/aromatic N) is 2. The van der Waals surface area contributed by atoms with Gasteiger partial charge in [0.1, 0.15) is 6.04 Å². The van der Waals surface area contributed by atoms with Gasteiger partial charge in [0.2, 0.25) is 11.8 Å². The van der Waals surface area contributed by atoms with E-state index in [1.165, 1.54) is 24.2 Å². The first-order valence-corrected chi connectivity index (χ1v) is 16.5. The quantitative estimate of drug-likeness (QED) is 0.386. The summed E-state index contributed by atoms with van der Waals surface area (Å²) < 4.78 is 5.58. The Morgan fingerprint density at radius 3 is 2.55 bits per heavy atom. The van der Waals surface area contributed by atoms with Crippen LogP contribution in [0, 0.1) is 5.92 Å². The normalized spacial score (nSPS) is 21.1. The third-order valence-corrected chi connectivity index (χ3v) is 9.83. The number of carbonyl (C=O) groups is 3. The number of benzene rings is 1. The molecule has 2 aliphatic heterocycles. The summed E-state index contributed by atoms with van der Waals surface area (Å²) in [6.45, 7) is 2.88. The van der Waals surface area contributed by atoms with Crippen molar-refractivity contribution in [2.45, 2.75) is 76.0 Å². The highest BCUT2D eigenvalue weighted by molar-refractivity contribution is 7.09. The Balaban J connectivity index is 1.32. The van der Waals surface area contributed by atoms with E-state index < -0.39 is 12.1 Å². The van der Waals surface area contributed by atoms with Crippen molar-refractivity contribution in [3.63, 3.8) is 0 Å². The van der Waals surface area contributed by atoms with Gasteiger partial charge in [-0.3, -0.25) is 9.59 Å². The summed E-state index contributed by atoms with van der Waals surface area (Å²) in [7, 11) is 0. The fourth-order valence-corrected chi connectivity index (χ4v) is 7.09. The van der Waals surface area contributed by atoms with Gasteiger partial charge in [-0.25, -0.2) is 4.79 Å². The molecule has 1 aliphatic carbocycles. The van der Waals surface area contributed by atoms with E-state index in [1.54, 1.807) is 40.5 Å². The molecule has 2 atom stereocenters. The van der Waals surface area contributed by atoms with Gasteiger partial charge in [-0.2, -0.15) is 0 Å². The Kier molecular flexibility index (Phi) is 11.1. The number of amides is 3. The van der Waals surface area contributed by atoms with Crippen LogP contribution in [0.2, 0.25) is 5.02 Å².